The molecule has 3 heterocycles. The van der Waals surface area contributed by atoms with E-state index in [4.69, 9.17) is 0 Å². The van der Waals surface area contributed by atoms with Crippen LogP contribution >= 0.6 is 0 Å². The average Bonchev–Trinajstić information content (AvgIpc) is 3.35. The van der Waals surface area contributed by atoms with E-state index in [1.54, 1.807) is 18.3 Å². The SMILES string of the molecule is O=C(c1ccc(N2CCCC2)c(F)c1)N1CCCC(c2ccn[nH]2)C1. The first-order valence-electron chi connectivity index (χ1n) is 9.05. The van der Waals surface area contributed by atoms with Crippen LogP contribution in [-0.2, 0) is 0 Å². The van der Waals surface area contributed by atoms with Crippen LogP contribution in [0.1, 0.15) is 47.7 Å². The number of carbonyl (C=O) groups excluding carboxylic acids is 1. The smallest absolute Gasteiger partial charge is 0.253 e. The van der Waals surface area contributed by atoms with Crippen molar-refractivity contribution in [2.45, 2.75) is 31.6 Å². The molecule has 2 aliphatic heterocycles. The topological polar surface area (TPSA) is 52.2 Å². The predicted molar refractivity (Wildman–Crippen MR) is 94.3 cm³/mol. The molecule has 2 aromatic rings. The molecule has 0 aliphatic carbocycles. The molecule has 0 spiro atoms. The van der Waals surface area contributed by atoms with Crippen LogP contribution in [0.15, 0.2) is 30.5 Å². The molecule has 4 rings (SSSR count). The van der Waals surface area contributed by atoms with Crippen LogP contribution in [0.25, 0.3) is 0 Å². The third kappa shape index (κ3) is 3.25. The van der Waals surface area contributed by atoms with Crippen LogP contribution in [0.2, 0.25) is 0 Å². The zero-order chi connectivity index (χ0) is 17.2. The maximum atomic E-state index is 14.5. The van der Waals surface area contributed by atoms with E-state index in [0.29, 0.717) is 17.8 Å². The standard InChI is InChI=1S/C19H23FN4O/c20-16-12-14(5-6-18(16)23-9-1-2-10-23)19(25)24-11-3-4-15(13-24)17-7-8-21-22-17/h5-8,12,15H,1-4,9-11,13H2,(H,21,22). The summed E-state index contributed by atoms with van der Waals surface area (Å²) in [6.07, 6.45) is 5.92. The van der Waals surface area contributed by atoms with Crippen molar-refractivity contribution < 1.29 is 9.18 Å². The number of nitrogens with zero attached hydrogens (tertiary/aromatic N) is 3. The molecular weight excluding hydrogens is 319 g/mol. The van der Waals surface area contributed by atoms with Gasteiger partial charge in [-0.15, -0.1) is 0 Å². The van der Waals surface area contributed by atoms with Gasteiger partial charge in [0.15, 0.2) is 0 Å². The van der Waals surface area contributed by atoms with Crippen molar-refractivity contribution in [3.05, 3.63) is 47.5 Å². The lowest BCUT2D eigenvalue weighted by Crippen LogP contribution is -2.39. The minimum absolute atomic E-state index is 0.0870. The van der Waals surface area contributed by atoms with E-state index in [-0.39, 0.29) is 17.6 Å². The van der Waals surface area contributed by atoms with Crippen LogP contribution in [0, 0.1) is 5.82 Å². The summed E-state index contributed by atoms with van der Waals surface area (Å²) in [5.41, 5.74) is 2.11. The second-order valence-corrected chi connectivity index (χ2v) is 6.96. The van der Waals surface area contributed by atoms with Gasteiger partial charge in [-0.05, 0) is 49.9 Å². The van der Waals surface area contributed by atoms with Crippen LogP contribution in [-0.4, -0.2) is 47.2 Å². The summed E-state index contributed by atoms with van der Waals surface area (Å²) < 4.78 is 14.5. The first kappa shape index (κ1) is 16.1. The fourth-order valence-corrected chi connectivity index (χ4v) is 3.95. The van der Waals surface area contributed by atoms with Crippen molar-refractivity contribution in [2.24, 2.45) is 0 Å². The number of aromatic amines is 1. The highest BCUT2D eigenvalue weighted by Crippen LogP contribution is 2.28. The number of aromatic nitrogens is 2. The van der Waals surface area contributed by atoms with Crippen LogP contribution in [0.4, 0.5) is 10.1 Å². The van der Waals surface area contributed by atoms with Gasteiger partial charge in [0.25, 0.3) is 5.91 Å². The zero-order valence-electron chi connectivity index (χ0n) is 14.2. The van der Waals surface area contributed by atoms with Gasteiger partial charge in [0, 0.05) is 49.6 Å². The molecule has 1 unspecified atom stereocenters. The fraction of sp³-hybridized carbons (Fsp3) is 0.474. The number of piperidine rings is 1. The molecule has 1 atom stereocenters. The molecule has 1 amide bonds. The highest BCUT2D eigenvalue weighted by atomic mass is 19.1. The Kier molecular flexibility index (Phi) is 4.42. The summed E-state index contributed by atoms with van der Waals surface area (Å²) in [6.45, 7) is 3.15. The number of carbonyl (C=O) groups is 1. The Balaban J connectivity index is 1.49. The average molecular weight is 342 g/mol. The molecule has 132 valence electrons. The Morgan fingerprint density at radius 2 is 2.00 bits per heavy atom. The number of hydrogen-bond donors (Lipinski definition) is 1. The van der Waals surface area contributed by atoms with Crippen molar-refractivity contribution in [3.63, 3.8) is 0 Å². The summed E-state index contributed by atoms with van der Waals surface area (Å²) in [6, 6.07) is 6.88. The molecule has 1 aromatic heterocycles. The summed E-state index contributed by atoms with van der Waals surface area (Å²) in [4.78, 5) is 16.7. The number of likely N-dealkylation sites (tertiary alicyclic amines) is 1. The zero-order valence-corrected chi connectivity index (χ0v) is 14.2. The maximum Gasteiger partial charge on any atom is 0.253 e. The second kappa shape index (κ2) is 6.86. The number of rotatable bonds is 3. The van der Waals surface area contributed by atoms with E-state index >= 15 is 0 Å². The van der Waals surface area contributed by atoms with Gasteiger partial charge in [0.2, 0.25) is 0 Å². The van der Waals surface area contributed by atoms with E-state index in [1.807, 2.05) is 11.0 Å². The van der Waals surface area contributed by atoms with E-state index in [1.165, 1.54) is 6.07 Å². The molecule has 5 nitrogen and oxygen atoms in total. The van der Waals surface area contributed by atoms with Gasteiger partial charge >= 0.3 is 0 Å². The number of anilines is 1. The van der Waals surface area contributed by atoms with Gasteiger partial charge in [-0.25, -0.2) is 4.39 Å². The van der Waals surface area contributed by atoms with Crippen LogP contribution in [0.3, 0.4) is 0 Å². The van der Waals surface area contributed by atoms with E-state index < -0.39 is 0 Å². The number of hydrogen-bond acceptors (Lipinski definition) is 3. The highest BCUT2D eigenvalue weighted by Gasteiger charge is 2.27. The number of amides is 1. The van der Waals surface area contributed by atoms with Gasteiger partial charge in [-0.1, -0.05) is 0 Å². The van der Waals surface area contributed by atoms with E-state index in [9.17, 15) is 9.18 Å². The van der Waals surface area contributed by atoms with Gasteiger partial charge in [0.1, 0.15) is 5.82 Å². The molecule has 1 aromatic carbocycles. The molecule has 2 fully saturated rings. The second-order valence-electron chi connectivity index (χ2n) is 6.96. The Labute approximate surface area is 146 Å². The van der Waals surface area contributed by atoms with Gasteiger partial charge in [-0.3, -0.25) is 9.89 Å². The van der Waals surface area contributed by atoms with Crippen molar-refractivity contribution in [1.82, 2.24) is 15.1 Å². The quantitative estimate of drug-likeness (QED) is 0.932. The summed E-state index contributed by atoms with van der Waals surface area (Å²) in [5, 5.41) is 7.00. The van der Waals surface area contributed by atoms with Crippen molar-refractivity contribution in [1.29, 1.82) is 0 Å². The first-order valence-corrected chi connectivity index (χ1v) is 9.05. The van der Waals surface area contributed by atoms with Gasteiger partial charge < -0.3 is 9.80 Å². The largest absolute Gasteiger partial charge is 0.369 e. The summed E-state index contributed by atoms with van der Waals surface area (Å²) >= 11 is 0. The number of benzene rings is 1. The normalized spacial score (nSPS) is 20.9. The lowest BCUT2D eigenvalue weighted by Gasteiger charge is -2.32. The number of nitrogens with one attached hydrogen (secondary N) is 1. The van der Waals surface area contributed by atoms with E-state index in [0.717, 1.165) is 51.0 Å². The van der Waals surface area contributed by atoms with Crippen molar-refractivity contribution in [2.75, 3.05) is 31.1 Å². The molecule has 0 radical (unpaired) electrons. The molecule has 0 bridgehead atoms. The Hall–Kier alpha value is -2.37. The molecule has 2 aliphatic rings. The van der Waals surface area contributed by atoms with Crippen molar-refractivity contribution >= 4 is 11.6 Å². The lowest BCUT2D eigenvalue weighted by molar-refractivity contribution is 0.0705. The van der Waals surface area contributed by atoms with Crippen LogP contribution < -0.4 is 4.90 Å². The minimum Gasteiger partial charge on any atom is -0.369 e. The summed E-state index contributed by atoms with van der Waals surface area (Å²) in [5.74, 6) is -0.111. The number of halogens is 1. The van der Waals surface area contributed by atoms with E-state index in [2.05, 4.69) is 15.1 Å². The lowest BCUT2D eigenvalue weighted by atomic mass is 9.94. The molecule has 25 heavy (non-hydrogen) atoms. The fourth-order valence-electron chi connectivity index (χ4n) is 3.95. The third-order valence-electron chi connectivity index (χ3n) is 5.31. The predicted octanol–water partition coefficient (Wildman–Crippen LogP) is 3.17. The Morgan fingerprint density at radius 1 is 1.16 bits per heavy atom. The minimum atomic E-state index is -0.296. The molecule has 0 saturated carbocycles. The molecule has 1 N–H and O–H groups in total. The monoisotopic (exact) mass is 342 g/mol. The molecular formula is C19H23FN4O. The first-order chi connectivity index (χ1) is 12.2. The van der Waals surface area contributed by atoms with Gasteiger partial charge in [-0.2, -0.15) is 5.10 Å². The Bertz CT molecular complexity index is 740. The highest BCUT2D eigenvalue weighted by molar-refractivity contribution is 5.94. The maximum absolute atomic E-state index is 14.5. The van der Waals surface area contributed by atoms with Crippen LogP contribution in [0.5, 0.6) is 0 Å². The van der Waals surface area contributed by atoms with Crippen molar-refractivity contribution in [3.8, 4) is 0 Å². The molecule has 2 saturated heterocycles. The summed E-state index contributed by atoms with van der Waals surface area (Å²) in [7, 11) is 0. The third-order valence-corrected chi connectivity index (χ3v) is 5.31. The number of H-pyrrole nitrogens is 1. The Morgan fingerprint density at radius 3 is 2.72 bits per heavy atom. The molecule has 6 heteroatoms. The van der Waals surface area contributed by atoms with Gasteiger partial charge in [0.05, 0.1) is 5.69 Å².